The molecule has 48 heavy (non-hydrogen) atoms. The number of fused-ring (bicyclic) bond motifs is 2. The molecule has 3 amide bonds. The lowest BCUT2D eigenvalue weighted by Crippen LogP contribution is -2.46. The van der Waals surface area contributed by atoms with E-state index in [0.717, 1.165) is 60.3 Å². The molecule has 0 saturated carbocycles. The van der Waals surface area contributed by atoms with Gasteiger partial charge >= 0.3 is 12.0 Å². The number of urea groups is 1. The molecular formula is C39H45N5O4. The number of esters is 1. The Morgan fingerprint density at radius 3 is 2.21 bits per heavy atom. The number of aromatic nitrogens is 2. The van der Waals surface area contributed by atoms with Crippen LogP contribution < -0.4 is 10.6 Å². The Balaban J connectivity index is 1.07. The second-order valence-corrected chi connectivity index (χ2v) is 14.3. The number of hydrogen-bond acceptors (Lipinski definition) is 5. The highest BCUT2D eigenvalue weighted by Crippen LogP contribution is 2.41. The van der Waals surface area contributed by atoms with Crippen LogP contribution in [0.1, 0.15) is 86.1 Å². The van der Waals surface area contributed by atoms with Gasteiger partial charge in [-0.1, -0.05) is 62.7 Å². The first-order valence-corrected chi connectivity index (χ1v) is 16.8. The Hall–Kier alpha value is -4.92. The molecule has 2 aliphatic heterocycles. The molecule has 2 atom stereocenters. The number of nitrogens with zero attached hydrogens (tertiary/aromatic N) is 3. The van der Waals surface area contributed by atoms with Crippen molar-refractivity contribution in [3.05, 3.63) is 107 Å². The van der Waals surface area contributed by atoms with Crippen LogP contribution in [0.5, 0.6) is 0 Å². The minimum atomic E-state index is -0.329. The number of benzene rings is 3. The maximum atomic E-state index is 13.5. The molecule has 9 nitrogen and oxygen atoms in total. The molecule has 2 N–H and O–H groups in total. The normalized spacial score (nSPS) is 18.8. The zero-order chi connectivity index (χ0) is 34.0. The number of nitrogens with one attached hydrogen (secondary N) is 2. The molecule has 0 aliphatic carbocycles. The van der Waals surface area contributed by atoms with Crippen LogP contribution in [-0.4, -0.2) is 44.7 Å². The van der Waals surface area contributed by atoms with Gasteiger partial charge in [0.05, 0.1) is 11.4 Å². The third-order valence-corrected chi connectivity index (χ3v) is 9.42. The lowest BCUT2D eigenvalue weighted by atomic mass is 9.85. The van der Waals surface area contributed by atoms with E-state index in [0.29, 0.717) is 17.3 Å². The van der Waals surface area contributed by atoms with Gasteiger partial charge in [-0.25, -0.2) is 9.48 Å². The average molecular weight is 648 g/mol. The van der Waals surface area contributed by atoms with Crippen LogP contribution in [0.2, 0.25) is 0 Å². The molecular weight excluding hydrogens is 602 g/mol. The van der Waals surface area contributed by atoms with E-state index < -0.39 is 0 Å². The second kappa shape index (κ2) is 13.7. The number of aryl methyl sites for hydroxylation is 1. The average Bonchev–Trinajstić information content (AvgIpc) is 3.58. The Morgan fingerprint density at radius 1 is 0.875 bits per heavy atom. The van der Waals surface area contributed by atoms with E-state index in [4.69, 9.17) is 9.84 Å². The smallest absolute Gasteiger partial charge is 0.324 e. The molecule has 4 aromatic rings. The van der Waals surface area contributed by atoms with E-state index in [1.165, 1.54) is 12.5 Å². The fourth-order valence-corrected chi connectivity index (χ4v) is 6.97. The molecule has 9 heteroatoms. The molecule has 1 aromatic heterocycles. The summed E-state index contributed by atoms with van der Waals surface area (Å²) in [5.74, 6) is 0.820. The summed E-state index contributed by atoms with van der Waals surface area (Å²) in [6.07, 6.45) is 4.87. The number of anilines is 2. The van der Waals surface area contributed by atoms with Gasteiger partial charge in [-0.2, -0.15) is 5.10 Å². The van der Waals surface area contributed by atoms with E-state index in [1.54, 1.807) is 4.68 Å². The highest BCUT2D eigenvalue weighted by atomic mass is 16.5. The molecule has 2 bridgehead atoms. The Labute approximate surface area is 282 Å². The predicted octanol–water partition coefficient (Wildman–Crippen LogP) is 7.81. The Kier molecular flexibility index (Phi) is 9.40. The zero-order valence-corrected chi connectivity index (χ0v) is 28.5. The standard InChI is InChI=1S/C39H45N5O4/c1-25-9-15-32(16-10-25)44-36(23-35(42-44)39(3,4)5)41-38(47)40-31-8-6-7-28(20-31)19-29-21-33-17-18-34(22-29)43(33)37(46)30-13-11-27(12-14-30)24-48-26(2)45/h6-16,20,23,29,33-34H,17-19,21-22,24H2,1-5H3,(H2,40,41,47). The number of carbonyl (C=O) groups excluding carboxylic acids is 3. The molecule has 6 rings (SSSR count). The second-order valence-electron chi connectivity index (χ2n) is 14.3. The van der Waals surface area contributed by atoms with E-state index in [2.05, 4.69) is 42.4 Å². The first-order valence-electron chi connectivity index (χ1n) is 16.8. The fraction of sp³-hybridized carbons (Fsp3) is 0.385. The van der Waals surface area contributed by atoms with Gasteiger partial charge in [0, 0.05) is 41.7 Å². The van der Waals surface area contributed by atoms with Crippen LogP contribution in [0.3, 0.4) is 0 Å². The molecule has 0 spiro atoms. The number of amides is 3. The predicted molar refractivity (Wildman–Crippen MR) is 187 cm³/mol. The highest BCUT2D eigenvalue weighted by Gasteiger charge is 2.43. The molecule has 2 aliphatic rings. The Bertz CT molecular complexity index is 1770. The molecule has 2 saturated heterocycles. The van der Waals surface area contributed by atoms with Crippen molar-refractivity contribution in [3.8, 4) is 5.69 Å². The van der Waals surface area contributed by atoms with Crippen LogP contribution in [0.25, 0.3) is 5.69 Å². The molecule has 2 fully saturated rings. The molecule has 2 unspecified atom stereocenters. The fourth-order valence-electron chi connectivity index (χ4n) is 6.97. The van der Waals surface area contributed by atoms with Crippen molar-refractivity contribution in [1.82, 2.24) is 14.7 Å². The number of rotatable bonds is 8. The summed E-state index contributed by atoms with van der Waals surface area (Å²) in [6, 6.07) is 25.6. The number of ether oxygens (including phenoxy) is 1. The van der Waals surface area contributed by atoms with E-state index in [1.807, 2.05) is 79.7 Å². The number of piperidine rings is 1. The maximum Gasteiger partial charge on any atom is 0.324 e. The topological polar surface area (TPSA) is 106 Å². The summed E-state index contributed by atoms with van der Waals surface area (Å²) < 4.78 is 6.85. The molecule has 3 heterocycles. The van der Waals surface area contributed by atoms with Gasteiger partial charge < -0.3 is 15.0 Å². The molecule has 0 radical (unpaired) electrons. The zero-order valence-electron chi connectivity index (χ0n) is 28.5. The van der Waals surface area contributed by atoms with Crippen molar-refractivity contribution in [1.29, 1.82) is 0 Å². The quantitative estimate of drug-likeness (QED) is 0.190. The minimum absolute atomic E-state index is 0.0792. The summed E-state index contributed by atoms with van der Waals surface area (Å²) in [6.45, 7) is 9.95. The third kappa shape index (κ3) is 7.62. The van der Waals surface area contributed by atoms with E-state index >= 15 is 0 Å². The van der Waals surface area contributed by atoms with Gasteiger partial charge in [0.25, 0.3) is 5.91 Å². The van der Waals surface area contributed by atoms with Gasteiger partial charge in [0.2, 0.25) is 0 Å². The van der Waals surface area contributed by atoms with Crippen molar-refractivity contribution >= 4 is 29.4 Å². The van der Waals surface area contributed by atoms with E-state index in [9.17, 15) is 14.4 Å². The van der Waals surface area contributed by atoms with Crippen molar-refractivity contribution in [2.24, 2.45) is 5.92 Å². The minimum Gasteiger partial charge on any atom is -0.461 e. The van der Waals surface area contributed by atoms with E-state index in [-0.39, 0.29) is 42.0 Å². The maximum absolute atomic E-state index is 13.5. The van der Waals surface area contributed by atoms with Crippen molar-refractivity contribution in [3.63, 3.8) is 0 Å². The van der Waals surface area contributed by atoms with Crippen LogP contribution in [-0.2, 0) is 28.0 Å². The van der Waals surface area contributed by atoms with Gasteiger partial charge in [0.1, 0.15) is 12.4 Å². The monoisotopic (exact) mass is 647 g/mol. The van der Waals surface area contributed by atoms with Gasteiger partial charge in [-0.15, -0.1) is 0 Å². The molecule has 250 valence electrons. The van der Waals surface area contributed by atoms with Crippen LogP contribution in [0.15, 0.2) is 78.9 Å². The largest absolute Gasteiger partial charge is 0.461 e. The summed E-state index contributed by atoms with van der Waals surface area (Å²) >= 11 is 0. The van der Waals surface area contributed by atoms with Crippen LogP contribution in [0.4, 0.5) is 16.3 Å². The van der Waals surface area contributed by atoms with Crippen LogP contribution >= 0.6 is 0 Å². The summed E-state index contributed by atoms with van der Waals surface area (Å²) in [5, 5.41) is 10.9. The Morgan fingerprint density at radius 2 is 1.56 bits per heavy atom. The lowest BCUT2D eigenvalue weighted by Gasteiger charge is -2.39. The number of carbonyl (C=O) groups is 3. The first kappa shape index (κ1) is 33.0. The van der Waals surface area contributed by atoms with Gasteiger partial charge in [0.15, 0.2) is 0 Å². The lowest BCUT2D eigenvalue weighted by molar-refractivity contribution is -0.142. The molecule has 3 aromatic carbocycles. The number of hydrogen-bond donors (Lipinski definition) is 2. The highest BCUT2D eigenvalue weighted by molar-refractivity contribution is 5.99. The third-order valence-electron chi connectivity index (χ3n) is 9.42. The van der Waals surface area contributed by atoms with Crippen molar-refractivity contribution in [2.75, 3.05) is 10.6 Å². The summed E-state index contributed by atoms with van der Waals surface area (Å²) in [5.41, 5.74) is 6.17. The van der Waals surface area contributed by atoms with Gasteiger partial charge in [-0.3, -0.25) is 14.9 Å². The van der Waals surface area contributed by atoms with Crippen molar-refractivity contribution in [2.45, 2.75) is 90.8 Å². The summed E-state index contributed by atoms with van der Waals surface area (Å²) in [4.78, 5) is 40.0. The van der Waals surface area contributed by atoms with Crippen LogP contribution in [0, 0.1) is 12.8 Å². The first-order chi connectivity index (χ1) is 22.9. The van der Waals surface area contributed by atoms with Gasteiger partial charge in [-0.05, 0) is 92.5 Å². The summed E-state index contributed by atoms with van der Waals surface area (Å²) in [7, 11) is 0. The SMILES string of the molecule is CC(=O)OCc1ccc(C(=O)N2C3CCC2CC(Cc2cccc(NC(=O)Nc4cc(C(C)(C)C)nn4-c4ccc(C)cc4)c2)C3)cc1. The van der Waals surface area contributed by atoms with Crippen molar-refractivity contribution < 1.29 is 19.1 Å².